The number of nitrogens with one attached hydrogen (secondary N) is 2. The van der Waals surface area contributed by atoms with Crippen LogP contribution in [0.1, 0.15) is 27.2 Å². The fourth-order valence-electron chi connectivity index (χ4n) is 1.11. The van der Waals surface area contributed by atoms with Crippen molar-refractivity contribution in [1.29, 1.82) is 0 Å². The molecule has 0 saturated heterocycles. The number of hydrogen-bond donors (Lipinski definition) is 2. The lowest BCUT2D eigenvalue weighted by Gasteiger charge is -2.08. The molecule has 0 bridgehead atoms. The first-order chi connectivity index (χ1) is 7.63. The van der Waals surface area contributed by atoms with E-state index in [1.165, 1.54) is 0 Å². The number of hydrogen-bond acceptors (Lipinski definition) is 3. The van der Waals surface area contributed by atoms with Crippen molar-refractivity contribution < 1.29 is 4.79 Å². The molecule has 1 amide bonds. The minimum Gasteiger partial charge on any atom is -0.384 e. The van der Waals surface area contributed by atoms with Crippen LogP contribution < -0.4 is 10.6 Å². The third-order valence-corrected chi connectivity index (χ3v) is 2.12. The fourth-order valence-corrected chi connectivity index (χ4v) is 1.11. The molecule has 0 unspecified atom stereocenters. The van der Waals surface area contributed by atoms with Crippen molar-refractivity contribution in [3.05, 3.63) is 18.3 Å². The zero-order chi connectivity index (χ0) is 12.0. The molecule has 0 radical (unpaired) electrons. The number of amides is 1. The zero-order valence-corrected chi connectivity index (χ0v) is 10.1. The van der Waals surface area contributed by atoms with Crippen LogP contribution in [0.2, 0.25) is 0 Å². The Morgan fingerprint density at radius 2 is 2.19 bits per heavy atom. The van der Waals surface area contributed by atoms with Crippen LogP contribution in [0.15, 0.2) is 18.3 Å². The van der Waals surface area contributed by atoms with E-state index >= 15 is 0 Å². The summed E-state index contributed by atoms with van der Waals surface area (Å²) < 4.78 is 0. The number of nitrogens with zero attached hydrogens (tertiary/aromatic N) is 1. The van der Waals surface area contributed by atoms with Gasteiger partial charge in [0.25, 0.3) is 0 Å². The first kappa shape index (κ1) is 12.5. The lowest BCUT2D eigenvalue weighted by molar-refractivity contribution is -0.118. The Morgan fingerprint density at radius 3 is 2.69 bits per heavy atom. The van der Waals surface area contributed by atoms with Gasteiger partial charge in [-0.2, -0.15) is 0 Å². The average molecular weight is 221 g/mol. The number of anilines is 2. The molecule has 1 heterocycles. The van der Waals surface area contributed by atoms with Crippen LogP contribution in [-0.4, -0.2) is 17.4 Å². The second-order valence-electron chi connectivity index (χ2n) is 4.00. The van der Waals surface area contributed by atoms with Gasteiger partial charge in [0.05, 0.1) is 11.9 Å². The third-order valence-electron chi connectivity index (χ3n) is 2.12. The predicted octanol–water partition coefficient (Wildman–Crippen LogP) is 2.50. The van der Waals surface area contributed by atoms with Gasteiger partial charge in [0, 0.05) is 12.5 Å². The lowest BCUT2D eigenvalue weighted by Crippen LogP contribution is -2.18. The van der Waals surface area contributed by atoms with Crippen molar-refractivity contribution in [3.8, 4) is 0 Å². The molecule has 0 aliphatic heterocycles. The summed E-state index contributed by atoms with van der Waals surface area (Å²) in [5.74, 6) is 0.558. The topological polar surface area (TPSA) is 54.0 Å². The molecule has 0 spiro atoms. The van der Waals surface area contributed by atoms with E-state index in [0.29, 0.717) is 5.82 Å². The Labute approximate surface area is 96.5 Å². The summed E-state index contributed by atoms with van der Waals surface area (Å²) in [4.78, 5) is 15.6. The van der Waals surface area contributed by atoms with Gasteiger partial charge in [0.15, 0.2) is 0 Å². The summed E-state index contributed by atoms with van der Waals surface area (Å²) in [6.45, 7) is 6.75. The highest BCUT2D eigenvalue weighted by Gasteiger charge is 2.07. The van der Waals surface area contributed by atoms with E-state index in [0.717, 1.165) is 18.7 Å². The number of aromatic nitrogens is 1. The predicted molar refractivity (Wildman–Crippen MR) is 66.5 cm³/mol. The van der Waals surface area contributed by atoms with Crippen molar-refractivity contribution in [2.24, 2.45) is 5.92 Å². The van der Waals surface area contributed by atoms with Gasteiger partial charge < -0.3 is 10.6 Å². The van der Waals surface area contributed by atoms with Gasteiger partial charge in [0.1, 0.15) is 5.82 Å². The van der Waals surface area contributed by atoms with Crippen LogP contribution in [-0.2, 0) is 4.79 Å². The van der Waals surface area contributed by atoms with Gasteiger partial charge in [-0.05, 0) is 18.6 Å². The zero-order valence-electron chi connectivity index (χ0n) is 10.1. The Balaban J connectivity index is 2.54. The summed E-state index contributed by atoms with van der Waals surface area (Å²) in [5.41, 5.74) is 0.976. The average Bonchev–Trinajstić information content (AvgIpc) is 2.28. The SMILES string of the molecule is CCCNc1ccc(NC(=O)C(C)C)nc1. The summed E-state index contributed by atoms with van der Waals surface area (Å²) in [6.07, 6.45) is 2.80. The molecule has 0 aromatic carbocycles. The molecule has 16 heavy (non-hydrogen) atoms. The van der Waals surface area contributed by atoms with Gasteiger partial charge in [0.2, 0.25) is 5.91 Å². The van der Waals surface area contributed by atoms with Crippen LogP contribution in [0.4, 0.5) is 11.5 Å². The Hall–Kier alpha value is -1.58. The van der Waals surface area contributed by atoms with E-state index in [1.54, 1.807) is 12.3 Å². The molecule has 0 atom stereocenters. The van der Waals surface area contributed by atoms with Crippen molar-refractivity contribution in [3.63, 3.8) is 0 Å². The summed E-state index contributed by atoms with van der Waals surface area (Å²) in [5, 5.41) is 5.97. The number of rotatable bonds is 5. The highest BCUT2D eigenvalue weighted by atomic mass is 16.1. The Kier molecular flexibility index (Phi) is 4.76. The van der Waals surface area contributed by atoms with E-state index in [4.69, 9.17) is 0 Å². The van der Waals surface area contributed by atoms with Gasteiger partial charge >= 0.3 is 0 Å². The number of carbonyl (C=O) groups is 1. The molecule has 0 fully saturated rings. The molecule has 0 saturated carbocycles. The van der Waals surface area contributed by atoms with Crippen molar-refractivity contribution in [1.82, 2.24) is 4.98 Å². The standard InChI is InChI=1S/C12H19N3O/c1-4-7-13-10-5-6-11(14-8-10)15-12(16)9(2)3/h5-6,8-9,13H,4,7H2,1-3H3,(H,14,15,16). The van der Waals surface area contributed by atoms with Crippen molar-refractivity contribution >= 4 is 17.4 Å². The molecular weight excluding hydrogens is 202 g/mol. The van der Waals surface area contributed by atoms with E-state index in [1.807, 2.05) is 19.9 Å². The highest BCUT2D eigenvalue weighted by molar-refractivity contribution is 5.91. The van der Waals surface area contributed by atoms with Crippen LogP contribution in [0.3, 0.4) is 0 Å². The first-order valence-corrected chi connectivity index (χ1v) is 5.64. The minimum atomic E-state index is -0.0281. The quantitative estimate of drug-likeness (QED) is 0.803. The smallest absolute Gasteiger partial charge is 0.228 e. The Morgan fingerprint density at radius 1 is 1.44 bits per heavy atom. The molecule has 1 aromatic heterocycles. The summed E-state index contributed by atoms with van der Waals surface area (Å²) in [7, 11) is 0. The van der Waals surface area contributed by atoms with Gasteiger partial charge in [-0.15, -0.1) is 0 Å². The molecule has 1 rings (SSSR count). The van der Waals surface area contributed by atoms with Crippen LogP contribution >= 0.6 is 0 Å². The van der Waals surface area contributed by atoms with Crippen LogP contribution in [0.5, 0.6) is 0 Å². The van der Waals surface area contributed by atoms with E-state index in [2.05, 4.69) is 22.5 Å². The van der Waals surface area contributed by atoms with Crippen LogP contribution in [0, 0.1) is 5.92 Å². The van der Waals surface area contributed by atoms with Crippen LogP contribution in [0.25, 0.3) is 0 Å². The van der Waals surface area contributed by atoms with E-state index < -0.39 is 0 Å². The molecule has 2 N–H and O–H groups in total. The molecular formula is C12H19N3O. The third kappa shape index (κ3) is 3.88. The van der Waals surface area contributed by atoms with Gasteiger partial charge in [-0.3, -0.25) is 4.79 Å². The maximum atomic E-state index is 11.4. The monoisotopic (exact) mass is 221 g/mol. The fraction of sp³-hybridized carbons (Fsp3) is 0.500. The number of carbonyl (C=O) groups excluding carboxylic acids is 1. The maximum absolute atomic E-state index is 11.4. The molecule has 4 heteroatoms. The van der Waals surface area contributed by atoms with Crippen molar-refractivity contribution in [2.75, 3.05) is 17.2 Å². The van der Waals surface area contributed by atoms with Gasteiger partial charge in [-0.1, -0.05) is 20.8 Å². The van der Waals surface area contributed by atoms with Gasteiger partial charge in [-0.25, -0.2) is 4.98 Å². The molecule has 4 nitrogen and oxygen atoms in total. The largest absolute Gasteiger partial charge is 0.384 e. The molecule has 0 aliphatic carbocycles. The minimum absolute atomic E-state index is 0.0123. The first-order valence-electron chi connectivity index (χ1n) is 5.64. The van der Waals surface area contributed by atoms with E-state index in [-0.39, 0.29) is 11.8 Å². The summed E-state index contributed by atoms with van der Waals surface area (Å²) >= 11 is 0. The second-order valence-corrected chi connectivity index (χ2v) is 4.00. The highest BCUT2D eigenvalue weighted by Crippen LogP contribution is 2.10. The van der Waals surface area contributed by atoms with E-state index in [9.17, 15) is 4.79 Å². The molecule has 88 valence electrons. The maximum Gasteiger partial charge on any atom is 0.228 e. The Bertz CT molecular complexity index is 333. The number of pyridine rings is 1. The molecule has 1 aromatic rings. The molecule has 0 aliphatic rings. The second kappa shape index (κ2) is 6.10. The lowest BCUT2D eigenvalue weighted by atomic mass is 10.2. The van der Waals surface area contributed by atoms with Crippen molar-refractivity contribution in [2.45, 2.75) is 27.2 Å². The normalized spacial score (nSPS) is 10.2. The summed E-state index contributed by atoms with van der Waals surface area (Å²) in [6, 6.07) is 3.72.